The van der Waals surface area contributed by atoms with E-state index in [1.807, 2.05) is 12.2 Å². The van der Waals surface area contributed by atoms with Gasteiger partial charge >= 0.3 is 0 Å². The van der Waals surface area contributed by atoms with E-state index in [9.17, 15) is 0 Å². The molecule has 0 heterocycles. The molecule has 0 aliphatic heterocycles. The van der Waals surface area contributed by atoms with E-state index in [-0.39, 0.29) is 0 Å². The topological polar surface area (TPSA) is 0 Å². The van der Waals surface area contributed by atoms with Gasteiger partial charge in [0.15, 0.2) is 0 Å². The number of hydrogen-bond acceptors (Lipinski definition) is 0. The zero-order chi connectivity index (χ0) is 8.53. The van der Waals surface area contributed by atoms with Crippen molar-refractivity contribution in [3.8, 4) is 0 Å². The average molecular weight is 151 g/mol. The molecule has 0 atom stereocenters. The molecule has 0 rings (SSSR count). The Morgan fingerprint density at radius 3 is 2.55 bits per heavy atom. The smallest absolute Gasteiger partial charge is 0.0313 e. The minimum absolute atomic E-state index is 1.16. The fourth-order valence-electron chi connectivity index (χ4n) is 0.971. The van der Waals surface area contributed by atoms with Crippen LogP contribution >= 0.6 is 0 Å². The molecule has 63 valence electrons. The highest BCUT2D eigenvalue weighted by atomic mass is 13.9. The Morgan fingerprint density at radius 1 is 1.27 bits per heavy atom. The van der Waals surface area contributed by atoms with Gasteiger partial charge in [0.05, 0.1) is 0 Å². The molecule has 1 radical (unpaired) electrons. The first-order valence-corrected chi connectivity index (χ1v) is 4.37. The van der Waals surface area contributed by atoms with Gasteiger partial charge in [0, 0.05) is 0 Å². The van der Waals surface area contributed by atoms with E-state index in [0.717, 1.165) is 6.42 Å². The van der Waals surface area contributed by atoms with E-state index in [1.165, 1.54) is 31.3 Å². The number of unbranched alkanes of at least 4 members (excludes halogenated alkanes) is 3. The van der Waals surface area contributed by atoms with Crippen molar-refractivity contribution >= 4 is 0 Å². The first kappa shape index (κ1) is 10.5. The van der Waals surface area contributed by atoms with Gasteiger partial charge in [-0.05, 0) is 39.5 Å². The van der Waals surface area contributed by atoms with Crippen LogP contribution in [0, 0.1) is 6.92 Å². The lowest BCUT2D eigenvalue weighted by Crippen LogP contribution is -1.78. The molecule has 0 aromatic heterocycles. The van der Waals surface area contributed by atoms with Crippen molar-refractivity contribution in [3.05, 3.63) is 31.2 Å². The molecule has 0 amide bonds. The van der Waals surface area contributed by atoms with Crippen LogP contribution in [0.15, 0.2) is 24.3 Å². The van der Waals surface area contributed by atoms with E-state index in [1.54, 1.807) is 0 Å². The van der Waals surface area contributed by atoms with Crippen molar-refractivity contribution in [2.45, 2.75) is 39.0 Å². The molecule has 0 unspecified atom stereocenters. The van der Waals surface area contributed by atoms with Crippen LogP contribution in [0.2, 0.25) is 0 Å². The molecule has 0 heteroatoms. The summed E-state index contributed by atoms with van der Waals surface area (Å²) < 4.78 is 0. The Bertz CT molecular complexity index is 120. The Labute approximate surface area is 71.0 Å². The Hall–Kier alpha value is -0.520. The highest BCUT2D eigenvalue weighted by Crippen LogP contribution is 2.08. The molecule has 0 saturated carbocycles. The third-order valence-corrected chi connectivity index (χ3v) is 1.83. The summed E-state index contributed by atoms with van der Waals surface area (Å²) in [5, 5.41) is 0. The van der Waals surface area contributed by atoms with Gasteiger partial charge in [-0.2, -0.15) is 0 Å². The molecular formula is C11H19. The average Bonchev–Trinajstić information content (AvgIpc) is 2.04. The van der Waals surface area contributed by atoms with Crippen molar-refractivity contribution < 1.29 is 0 Å². The molecule has 11 heavy (non-hydrogen) atoms. The van der Waals surface area contributed by atoms with E-state index in [0.29, 0.717) is 0 Å². The minimum atomic E-state index is 1.16. The Balaban J connectivity index is 3.08. The molecule has 0 aromatic carbocycles. The van der Waals surface area contributed by atoms with Crippen molar-refractivity contribution in [2.24, 2.45) is 0 Å². The Morgan fingerprint density at radius 2 is 2.00 bits per heavy atom. The van der Waals surface area contributed by atoms with E-state index in [4.69, 9.17) is 0 Å². The minimum Gasteiger partial charge on any atom is -0.103 e. The van der Waals surface area contributed by atoms with Crippen LogP contribution in [0.5, 0.6) is 0 Å². The summed E-state index contributed by atoms with van der Waals surface area (Å²) in [6, 6.07) is 0. The molecule has 0 aliphatic carbocycles. The van der Waals surface area contributed by atoms with Crippen LogP contribution in [0.4, 0.5) is 0 Å². The molecule has 0 spiro atoms. The van der Waals surface area contributed by atoms with Crippen LogP contribution in [0.3, 0.4) is 0 Å². The number of hydrogen-bond donors (Lipinski definition) is 0. The summed E-state index contributed by atoms with van der Waals surface area (Å²) in [5.74, 6) is 0. The van der Waals surface area contributed by atoms with Gasteiger partial charge in [0.25, 0.3) is 0 Å². The lowest BCUT2D eigenvalue weighted by molar-refractivity contribution is 0.684. The van der Waals surface area contributed by atoms with Gasteiger partial charge in [-0.3, -0.25) is 0 Å². The summed E-state index contributed by atoms with van der Waals surface area (Å²) >= 11 is 0. The van der Waals surface area contributed by atoms with Crippen LogP contribution in [-0.4, -0.2) is 0 Å². The lowest BCUT2D eigenvalue weighted by atomic mass is 10.1. The Kier molecular flexibility index (Phi) is 7.23. The first-order chi connectivity index (χ1) is 5.31. The number of rotatable bonds is 6. The van der Waals surface area contributed by atoms with Gasteiger partial charge in [-0.1, -0.05) is 24.1 Å². The maximum Gasteiger partial charge on any atom is -0.0313 e. The van der Waals surface area contributed by atoms with Gasteiger partial charge in [-0.25, -0.2) is 0 Å². The predicted octanol–water partition coefficient (Wildman–Crippen LogP) is 3.90. The van der Waals surface area contributed by atoms with Gasteiger partial charge in [0.2, 0.25) is 0 Å². The lowest BCUT2D eigenvalue weighted by Gasteiger charge is -1.98. The molecule has 0 bridgehead atoms. The molecule has 0 nitrogen and oxygen atoms in total. The summed E-state index contributed by atoms with van der Waals surface area (Å²) in [5.41, 5.74) is 1.41. The molecule has 0 fully saturated rings. The molecule has 0 saturated heterocycles. The fraction of sp³-hybridized carbons (Fsp3) is 0.545. The quantitative estimate of drug-likeness (QED) is 0.399. The molecule has 0 N–H and O–H groups in total. The van der Waals surface area contributed by atoms with E-state index < -0.39 is 0 Å². The largest absolute Gasteiger partial charge is 0.103 e. The summed E-state index contributed by atoms with van der Waals surface area (Å²) in [6.07, 6.45) is 10.2. The van der Waals surface area contributed by atoms with Crippen LogP contribution in [0.1, 0.15) is 39.0 Å². The third-order valence-electron chi connectivity index (χ3n) is 1.83. The van der Waals surface area contributed by atoms with E-state index >= 15 is 0 Å². The summed E-state index contributed by atoms with van der Waals surface area (Å²) in [7, 11) is 0. The van der Waals surface area contributed by atoms with Crippen molar-refractivity contribution in [1.29, 1.82) is 0 Å². The summed E-state index contributed by atoms with van der Waals surface area (Å²) in [6.45, 7) is 9.55. The predicted molar refractivity (Wildman–Crippen MR) is 52.4 cm³/mol. The third kappa shape index (κ3) is 7.38. The van der Waals surface area contributed by atoms with E-state index in [2.05, 4.69) is 20.4 Å². The second-order valence-corrected chi connectivity index (χ2v) is 2.94. The number of allylic oxidation sites excluding steroid dienone is 3. The molecule has 0 aromatic rings. The fourth-order valence-corrected chi connectivity index (χ4v) is 0.971. The van der Waals surface area contributed by atoms with Gasteiger partial charge in [0.1, 0.15) is 0 Å². The zero-order valence-electron chi connectivity index (χ0n) is 7.60. The van der Waals surface area contributed by atoms with Gasteiger partial charge in [-0.15, -0.1) is 6.58 Å². The highest BCUT2D eigenvalue weighted by Gasteiger charge is 1.89. The molecule has 0 aliphatic rings. The van der Waals surface area contributed by atoms with Crippen LogP contribution < -0.4 is 0 Å². The van der Waals surface area contributed by atoms with Crippen LogP contribution in [0.25, 0.3) is 0 Å². The van der Waals surface area contributed by atoms with Crippen molar-refractivity contribution in [3.63, 3.8) is 0 Å². The monoisotopic (exact) mass is 151 g/mol. The maximum atomic E-state index is 3.72. The second kappa shape index (κ2) is 7.59. The highest BCUT2D eigenvalue weighted by molar-refractivity contribution is 4.99. The zero-order valence-corrected chi connectivity index (χ0v) is 7.60. The SMILES string of the molecule is [CH2]C=C(C)CCCCCC=C. The van der Waals surface area contributed by atoms with Crippen LogP contribution in [-0.2, 0) is 0 Å². The summed E-state index contributed by atoms with van der Waals surface area (Å²) in [4.78, 5) is 0. The first-order valence-electron chi connectivity index (χ1n) is 4.37. The van der Waals surface area contributed by atoms with Crippen molar-refractivity contribution in [1.82, 2.24) is 0 Å². The van der Waals surface area contributed by atoms with Gasteiger partial charge < -0.3 is 0 Å². The standard InChI is InChI=1S/C11H19/c1-4-6-7-8-9-10-11(3)5-2/h4-5H,1-2,6-10H2,3H3. The normalized spacial score (nSPS) is 11.6. The maximum absolute atomic E-state index is 3.72. The molecular weight excluding hydrogens is 132 g/mol. The second-order valence-electron chi connectivity index (χ2n) is 2.94. The van der Waals surface area contributed by atoms with Crippen molar-refractivity contribution in [2.75, 3.05) is 0 Å².